The van der Waals surface area contributed by atoms with Gasteiger partial charge >= 0.3 is 0 Å². The van der Waals surface area contributed by atoms with Crippen molar-refractivity contribution in [3.63, 3.8) is 0 Å². The van der Waals surface area contributed by atoms with Gasteiger partial charge in [-0.3, -0.25) is 4.79 Å². The van der Waals surface area contributed by atoms with E-state index < -0.39 is 10.0 Å². The Morgan fingerprint density at radius 2 is 1.97 bits per heavy atom. The first-order chi connectivity index (χ1) is 14.9. The summed E-state index contributed by atoms with van der Waals surface area (Å²) in [4.78, 5) is 17.5. The summed E-state index contributed by atoms with van der Waals surface area (Å²) in [5.74, 6) is 1.12. The molecule has 4 rings (SSSR count). The molecule has 1 saturated heterocycles. The summed E-state index contributed by atoms with van der Waals surface area (Å²) in [6.45, 7) is 1.59. The van der Waals surface area contributed by atoms with E-state index in [1.54, 1.807) is 0 Å². The lowest BCUT2D eigenvalue weighted by atomic mass is 9.99. The summed E-state index contributed by atoms with van der Waals surface area (Å²) in [7, 11) is -3.26. The van der Waals surface area contributed by atoms with Crippen molar-refractivity contribution in [1.29, 1.82) is 0 Å². The Morgan fingerprint density at radius 3 is 2.74 bits per heavy atom. The average molecular weight is 443 g/mol. The molecule has 1 amide bonds. The summed E-state index contributed by atoms with van der Waals surface area (Å²) in [5, 5.41) is 2.86. The van der Waals surface area contributed by atoms with Crippen LogP contribution in [0.15, 0.2) is 54.7 Å². The number of nitrogens with zero attached hydrogens (tertiary/aromatic N) is 3. The second kappa shape index (κ2) is 9.07. The number of para-hydroxylation sites is 1. The molecule has 1 atom stereocenters. The van der Waals surface area contributed by atoms with Crippen LogP contribution in [0.2, 0.25) is 0 Å². The number of imidazole rings is 1. The lowest BCUT2D eigenvalue weighted by Crippen LogP contribution is -2.38. The summed E-state index contributed by atoms with van der Waals surface area (Å²) in [5.41, 5.74) is 1.04. The molecule has 0 radical (unpaired) electrons. The van der Waals surface area contributed by atoms with Crippen molar-refractivity contribution in [3.05, 3.63) is 66.2 Å². The molecule has 164 valence electrons. The fourth-order valence-electron chi connectivity index (χ4n) is 3.90. The van der Waals surface area contributed by atoms with Crippen LogP contribution in [-0.4, -0.2) is 60.5 Å². The lowest BCUT2D eigenvalue weighted by Gasteiger charge is -2.30. The van der Waals surface area contributed by atoms with Crippen molar-refractivity contribution < 1.29 is 17.9 Å². The number of piperidine rings is 1. The molecule has 3 aromatic rings. The molecule has 1 aromatic carbocycles. The Morgan fingerprint density at radius 1 is 1.19 bits per heavy atom. The number of rotatable bonds is 7. The highest BCUT2D eigenvalue weighted by Gasteiger charge is 2.30. The van der Waals surface area contributed by atoms with Gasteiger partial charge in [-0.2, -0.15) is 0 Å². The first-order valence-corrected chi connectivity index (χ1v) is 12.2. The third-order valence-electron chi connectivity index (χ3n) is 5.41. The van der Waals surface area contributed by atoms with Gasteiger partial charge in [-0.05, 0) is 37.1 Å². The maximum Gasteiger partial charge on any atom is 0.272 e. The molecule has 1 aliphatic rings. The van der Waals surface area contributed by atoms with Gasteiger partial charge in [0.25, 0.3) is 5.91 Å². The smallest absolute Gasteiger partial charge is 0.272 e. The van der Waals surface area contributed by atoms with Crippen LogP contribution in [0, 0.1) is 0 Å². The molecule has 1 aliphatic heterocycles. The van der Waals surface area contributed by atoms with Crippen LogP contribution in [0.4, 0.5) is 0 Å². The Kier molecular flexibility index (Phi) is 6.24. The van der Waals surface area contributed by atoms with E-state index in [0.717, 1.165) is 24.4 Å². The Labute approximate surface area is 181 Å². The van der Waals surface area contributed by atoms with Gasteiger partial charge in [-0.1, -0.05) is 24.3 Å². The van der Waals surface area contributed by atoms with Crippen LogP contribution >= 0.6 is 0 Å². The molecule has 3 heterocycles. The third-order valence-corrected chi connectivity index (χ3v) is 6.68. The van der Waals surface area contributed by atoms with Crippen molar-refractivity contribution in [2.45, 2.75) is 18.8 Å². The number of fused-ring (bicyclic) bond motifs is 1. The van der Waals surface area contributed by atoms with Crippen molar-refractivity contribution in [2.75, 3.05) is 32.5 Å². The van der Waals surface area contributed by atoms with E-state index in [9.17, 15) is 13.2 Å². The normalized spacial score (nSPS) is 17.5. The molecule has 1 fully saturated rings. The monoisotopic (exact) mass is 442 g/mol. The number of amides is 1. The Hall–Kier alpha value is -2.91. The zero-order valence-electron chi connectivity index (χ0n) is 17.4. The zero-order chi connectivity index (χ0) is 21.8. The van der Waals surface area contributed by atoms with Crippen molar-refractivity contribution in [2.24, 2.45) is 0 Å². The molecular formula is C22H26N4O4S. The molecule has 0 spiro atoms. The standard InChI is InChI=1S/C22H26N4O4S/c1-31(28,29)25-13-7-8-17(16-25)21-24-20(19-11-5-6-14-26(19)21)22(27)23-12-15-30-18-9-3-2-4-10-18/h2-6,9-11,14,17H,7-8,12-13,15-16H2,1H3,(H,23,27)/t17-/m1/s1. The fraction of sp³-hybridized carbons (Fsp3) is 0.364. The van der Waals surface area contributed by atoms with Crippen LogP contribution in [0.1, 0.15) is 35.1 Å². The Balaban J connectivity index is 1.49. The summed E-state index contributed by atoms with van der Waals surface area (Å²) >= 11 is 0. The number of pyridine rings is 1. The van der Waals surface area contributed by atoms with Crippen molar-refractivity contribution in [1.82, 2.24) is 19.0 Å². The maximum absolute atomic E-state index is 12.8. The minimum Gasteiger partial charge on any atom is -0.492 e. The van der Waals surface area contributed by atoms with Gasteiger partial charge < -0.3 is 14.5 Å². The van der Waals surface area contributed by atoms with Crippen molar-refractivity contribution >= 4 is 21.4 Å². The summed E-state index contributed by atoms with van der Waals surface area (Å²) in [6.07, 6.45) is 4.69. The van der Waals surface area contributed by atoms with E-state index in [0.29, 0.717) is 37.5 Å². The van der Waals surface area contributed by atoms with E-state index in [1.807, 2.05) is 59.1 Å². The van der Waals surface area contributed by atoms with Crippen molar-refractivity contribution in [3.8, 4) is 5.75 Å². The number of aromatic nitrogens is 2. The highest BCUT2D eigenvalue weighted by Crippen LogP contribution is 2.29. The van der Waals surface area contributed by atoms with Gasteiger partial charge in [0.2, 0.25) is 10.0 Å². The number of hydrogen-bond donors (Lipinski definition) is 1. The maximum atomic E-state index is 12.8. The highest BCUT2D eigenvalue weighted by molar-refractivity contribution is 7.88. The average Bonchev–Trinajstić information content (AvgIpc) is 3.17. The highest BCUT2D eigenvalue weighted by atomic mass is 32.2. The lowest BCUT2D eigenvalue weighted by molar-refractivity contribution is 0.0944. The largest absolute Gasteiger partial charge is 0.492 e. The molecule has 0 bridgehead atoms. The van der Waals surface area contributed by atoms with E-state index in [-0.39, 0.29) is 11.8 Å². The number of sulfonamides is 1. The topological polar surface area (TPSA) is 93.0 Å². The van der Waals surface area contributed by atoms with Gasteiger partial charge in [-0.25, -0.2) is 17.7 Å². The van der Waals surface area contributed by atoms with E-state index in [4.69, 9.17) is 4.74 Å². The fourth-order valence-corrected chi connectivity index (χ4v) is 4.82. The van der Waals surface area contributed by atoms with E-state index >= 15 is 0 Å². The van der Waals surface area contributed by atoms with Gasteiger partial charge in [0.1, 0.15) is 18.2 Å². The second-order valence-electron chi connectivity index (χ2n) is 7.65. The summed E-state index contributed by atoms with van der Waals surface area (Å²) in [6, 6.07) is 15.0. The van der Waals surface area contributed by atoms with Gasteiger partial charge in [0, 0.05) is 25.2 Å². The second-order valence-corrected chi connectivity index (χ2v) is 9.63. The number of hydrogen-bond acceptors (Lipinski definition) is 5. The minimum atomic E-state index is -3.26. The Bertz CT molecular complexity index is 1160. The summed E-state index contributed by atoms with van der Waals surface area (Å²) < 4.78 is 33.0. The quantitative estimate of drug-likeness (QED) is 0.567. The SMILES string of the molecule is CS(=O)(=O)N1CCC[C@@H](c2nc(C(=O)NCCOc3ccccc3)c3ccccn23)C1. The number of carbonyl (C=O) groups excluding carboxylic acids is 1. The van der Waals surface area contributed by atoms with Gasteiger partial charge in [0.05, 0.1) is 18.3 Å². The van der Waals surface area contributed by atoms with Gasteiger partial charge in [-0.15, -0.1) is 0 Å². The van der Waals surface area contributed by atoms with Crippen LogP contribution < -0.4 is 10.1 Å². The van der Waals surface area contributed by atoms with E-state index in [1.165, 1.54) is 10.6 Å². The number of nitrogens with one attached hydrogen (secondary N) is 1. The number of carbonyl (C=O) groups is 1. The van der Waals surface area contributed by atoms with Crippen LogP contribution in [-0.2, 0) is 10.0 Å². The molecule has 31 heavy (non-hydrogen) atoms. The molecule has 2 aromatic heterocycles. The first-order valence-electron chi connectivity index (χ1n) is 10.3. The van der Waals surface area contributed by atoms with Crippen LogP contribution in [0.3, 0.4) is 0 Å². The predicted octanol–water partition coefficient (Wildman–Crippen LogP) is 2.28. The molecule has 9 heteroatoms. The van der Waals surface area contributed by atoms with Gasteiger partial charge in [0.15, 0.2) is 5.69 Å². The zero-order valence-corrected chi connectivity index (χ0v) is 18.2. The molecule has 0 unspecified atom stereocenters. The minimum absolute atomic E-state index is 0.0682. The number of ether oxygens (including phenoxy) is 1. The molecule has 0 saturated carbocycles. The molecular weight excluding hydrogens is 416 g/mol. The molecule has 1 N–H and O–H groups in total. The predicted molar refractivity (Wildman–Crippen MR) is 118 cm³/mol. The van der Waals surface area contributed by atoms with Crippen LogP contribution in [0.5, 0.6) is 5.75 Å². The van der Waals surface area contributed by atoms with E-state index in [2.05, 4.69) is 10.3 Å². The molecule has 8 nitrogen and oxygen atoms in total. The number of benzene rings is 1. The third kappa shape index (κ3) is 4.88. The molecule has 0 aliphatic carbocycles. The first kappa shape index (κ1) is 21.3. The van der Waals surface area contributed by atoms with Crippen LogP contribution in [0.25, 0.3) is 5.52 Å².